The third kappa shape index (κ3) is 4.39. The molecule has 4 nitrogen and oxygen atoms in total. The Labute approximate surface area is 139 Å². The number of carbonyl (C=O) groups is 1. The number of hydrogen-bond donors (Lipinski definition) is 1. The van der Waals surface area contributed by atoms with Gasteiger partial charge in [0.2, 0.25) is 0 Å². The number of aromatic nitrogens is 1. The van der Waals surface area contributed by atoms with Crippen LogP contribution in [0.4, 0.5) is 5.69 Å². The number of amides is 1. The second-order valence-corrected chi connectivity index (χ2v) is 6.37. The van der Waals surface area contributed by atoms with Crippen LogP contribution in [-0.2, 0) is 4.79 Å². The standard InChI is InChI=1S/C16H17ClN2O2S/c1-16(2,21-13-7-4-11(17)5-8-13)15(20)19-12-6-9-14(22-3)18-10-12/h4-10H,1-3H3,(H,19,20). The molecule has 0 atom stereocenters. The summed E-state index contributed by atoms with van der Waals surface area (Å²) in [4.78, 5) is 16.6. The van der Waals surface area contributed by atoms with Crippen LogP contribution >= 0.6 is 23.4 Å². The summed E-state index contributed by atoms with van der Waals surface area (Å²) in [6.45, 7) is 3.42. The lowest BCUT2D eigenvalue weighted by Gasteiger charge is -2.25. The maximum atomic E-state index is 12.4. The molecule has 1 aromatic carbocycles. The first kappa shape index (κ1) is 16.6. The number of carbonyl (C=O) groups excluding carboxylic acids is 1. The fourth-order valence-electron chi connectivity index (χ4n) is 1.70. The SMILES string of the molecule is CSc1ccc(NC(=O)C(C)(C)Oc2ccc(Cl)cc2)cn1. The molecule has 0 aliphatic rings. The zero-order chi connectivity index (χ0) is 16.2. The summed E-state index contributed by atoms with van der Waals surface area (Å²) in [5, 5.41) is 4.32. The molecule has 0 fully saturated rings. The van der Waals surface area contributed by atoms with Crippen LogP contribution in [0.1, 0.15) is 13.8 Å². The van der Waals surface area contributed by atoms with Crippen molar-refractivity contribution >= 4 is 35.0 Å². The number of anilines is 1. The molecule has 0 saturated heterocycles. The quantitative estimate of drug-likeness (QED) is 0.829. The number of thioether (sulfide) groups is 1. The van der Waals surface area contributed by atoms with Gasteiger partial charge in [0.05, 0.1) is 16.9 Å². The van der Waals surface area contributed by atoms with Crippen LogP contribution in [0.25, 0.3) is 0 Å². The number of benzene rings is 1. The summed E-state index contributed by atoms with van der Waals surface area (Å²) in [6, 6.07) is 10.6. The van der Waals surface area contributed by atoms with Crippen LogP contribution in [0.15, 0.2) is 47.6 Å². The van der Waals surface area contributed by atoms with Crippen LogP contribution < -0.4 is 10.1 Å². The maximum Gasteiger partial charge on any atom is 0.268 e. The molecule has 0 bridgehead atoms. The molecule has 0 unspecified atom stereocenters. The van der Waals surface area contributed by atoms with E-state index in [4.69, 9.17) is 16.3 Å². The first-order chi connectivity index (χ1) is 10.4. The summed E-state index contributed by atoms with van der Waals surface area (Å²) in [5.41, 5.74) is -0.387. The van der Waals surface area contributed by atoms with Crippen LogP contribution in [0.3, 0.4) is 0 Å². The van der Waals surface area contributed by atoms with Gasteiger partial charge in [-0.2, -0.15) is 0 Å². The second-order valence-electron chi connectivity index (χ2n) is 5.11. The van der Waals surface area contributed by atoms with E-state index in [1.165, 1.54) is 0 Å². The Morgan fingerprint density at radius 2 is 1.91 bits per heavy atom. The molecule has 0 aliphatic carbocycles. The summed E-state index contributed by atoms with van der Waals surface area (Å²) in [6.07, 6.45) is 3.58. The average molecular weight is 337 g/mol. The minimum absolute atomic E-state index is 0.249. The molecular weight excluding hydrogens is 320 g/mol. The van der Waals surface area contributed by atoms with Crippen molar-refractivity contribution in [3.05, 3.63) is 47.6 Å². The van der Waals surface area contributed by atoms with Crippen LogP contribution in [0, 0.1) is 0 Å². The van der Waals surface area contributed by atoms with Crippen LogP contribution in [-0.4, -0.2) is 22.7 Å². The lowest BCUT2D eigenvalue weighted by Crippen LogP contribution is -2.42. The van der Waals surface area contributed by atoms with Gasteiger partial charge in [-0.15, -0.1) is 11.8 Å². The fraction of sp³-hybridized carbons (Fsp3) is 0.250. The number of pyridine rings is 1. The molecule has 2 aromatic rings. The first-order valence-electron chi connectivity index (χ1n) is 6.67. The van der Waals surface area contributed by atoms with Gasteiger partial charge < -0.3 is 10.1 Å². The van der Waals surface area contributed by atoms with E-state index in [1.54, 1.807) is 56.1 Å². The van der Waals surface area contributed by atoms with Gasteiger partial charge in [-0.1, -0.05) is 11.6 Å². The Morgan fingerprint density at radius 1 is 1.23 bits per heavy atom. The molecule has 1 heterocycles. The molecule has 1 N–H and O–H groups in total. The number of ether oxygens (including phenoxy) is 1. The van der Waals surface area contributed by atoms with Crippen LogP contribution in [0.2, 0.25) is 5.02 Å². The number of hydrogen-bond acceptors (Lipinski definition) is 4. The van der Waals surface area contributed by atoms with Crippen molar-refractivity contribution in [2.24, 2.45) is 0 Å². The first-order valence-corrected chi connectivity index (χ1v) is 8.27. The van der Waals surface area contributed by atoms with E-state index in [0.717, 1.165) is 5.03 Å². The number of nitrogens with one attached hydrogen (secondary N) is 1. The van der Waals surface area contributed by atoms with Gasteiger partial charge in [0.25, 0.3) is 5.91 Å². The maximum absolute atomic E-state index is 12.4. The highest BCUT2D eigenvalue weighted by molar-refractivity contribution is 7.98. The second kappa shape index (κ2) is 7.03. The molecule has 1 aromatic heterocycles. The molecule has 2 rings (SSSR count). The van der Waals surface area contributed by atoms with Crippen molar-refractivity contribution in [1.82, 2.24) is 4.98 Å². The van der Waals surface area contributed by atoms with Gasteiger partial charge in [-0.3, -0.25) is 4.79 Å². The van der Waals surface area contributed by atoms with Gasteiger partial charge in [0, 0.05) is 5.02 Å². The molecule has 6 heteroatoms. The van der Waals surface area contributed by atoms with Gasteiger partial charge in [0.1, 0.15) is 5.75 Å². The number of nitrogens with zero attached hydrogens (tertiary/aromatic N) is 1. The fourth-order valence-corrected chi connectivity index (χ4v) is 2.19. The zero-order valence-corrected chi connectivity index (χ0v) is 14.2. The molecule has 0 spiro atoms. The van der Waals surface area contributed by atoms with Gasteiger partial charge >= 0.3 is 0 Å². The van der Waals surface area contributed by atoms with E-state index in [-0.39, 0.29) is 5.91 Å². The lowest BCUT2D eigenvalue weighted by molar-refractivity contribution is -0.128. The molecule has 0 radical (unpaired) electrons. The van der Waals surface area contributed by atoms with Crippen LogP contribution in [0.5, 0.6) is 5.75 Å². The van der Waals surface area contributed by atoms with Crippen molar-refractivity contribution in [1.29, 1.82) is 0 Å². The van der Waals surface area contributed by atoms with Crippen molar-refractivity contribution in [3.63, 3.8) is 0 Å². The third-order valence-corrected chi connectivity index (χ3v) is 3.85. The minimum atomic E-state index is -1.02. The Bertz CT molecular complexity index is 642. The predicted molar refractivity (Wildman–Crippen MR) is 90.8 cm³/mol. The highest BCUT2D eigenvalue weighted by Gasteiger charge is 2.30. The monoisotopic (exact) mass is 336 g/mol. The van der Waals surface area contributed by atoms with E-state index < -0.39 is 5.60 Å². The van der Waals surface area contributed by atoms with Gasteiger partial charge in [-0.25, -0.2) is 4.98 Å². The molecular formula is C16H17ClN2O2S. The normalized spacial score (nSPS) is 11.1. The van der Waals surface area contributed by atoms with Crippen molar-refractivity contribution in [2.75, 3.05) is 11.6 Å². The Morgan fingerprint density at radius 3 is 2.45 bits per heavy atom. The summed E-state index contributed by atoms with van der Waals surface area (Å²) < 4.78 is 5.74. The van der Waals surface area contributed by atoms with Crippen molar-refractivity contribution < 1.29 is 9.53 Å². The lowest BCUT2D eigenvalue weighted by atomic mass is 10.1. The number of rotatable bonds is 5. The molecule has 0 saturated carbocycles. The molecule has 0 aliphatic heterocycles. The molecule has 116 valence electrons. The predicted octanol–water partition coefficient (Wildman–Crippen LogP) is 4.25. The smallest absolute Gasteiger partial charge is 0.268 e. The number of halogens is 1. The summed E-state index contributed by atoms with van der Waals surface area (Å²) in [7, 11) is 0. The minimum Gasteiger partial charge on any atom is -0.478 e. The van der Waals surface area contributed by atoms with Gasteiger partial charge in [0.15, 0.2) is 5.60 Å². The Kier molecular flexibility index (Phi) is 5.32. The topological polar surface area (TPSA) is 51.2 Å². The van der Waals surface area contributed by atoms with E-state index in [9.17, 15) is 4.79 Å². The zero-order valence-electron chi connectivity index (χ0n) is 12.6. The van der Waals surface area contributed by atoms with Gasteiger partial charge in [-0.05, 0) is 56.5 Å². The molecule has 22 heavy (non-hydrogen) atoms. The Balaban J connectivity index is 2.04. The Hall–Kier alpha value is -1.72. The van der Waals surface area contributed by atoms with E-state index >= 15 is 0 Å². The highest BCUT2D eigenvalue weighted by atomic mass is 35.5. The van der Waals surface area contributed by atoms with E-state index in [1.807, 2.05) is 18.4 Å². The highest BCUT2D eigenvalue weighted by Crippen LogP contribution is 2.22. The summed E-state index contributed by atoms with van der Waals surface area (Å²) >= 11 is 7.38. The van der Waals surface area contributed by atoms with E-state index in [0.29, 0.717) is 16.5 Å². The third-order valence-electron chi connectivity index (χ3n) is 2.94. The largest absolute Gasteiger partial charge is 0.478 e. The molecule has 1 amide bonds. The van der Waals surface area contributed by atoms with Crippen molar-refractivity contribution in [2.45, 2.75) is 24.5 Å². The average Bonchev–Trinajstić information content (AvgIpc) is 2.50. The van der Waals surface area contributed by atoms with Crippen molar-refractivity contribution in [3.8, 4) is 5.75 Å². The summed E-state index contributed by atoms with van der Waals surface area (Å²) in [5.74, 6) is 0.335. The van der Waals surface area contributed by atoms with E-state index in [2.05, 4.69) is 10.3 Å².